The third-order valence-corrected chi connectivity index (χ3v) is 5.70. The monoisotopic (exact) mass is 448 g/mol. The molecule has 33 heavy (non-hydrogen) atoms. The number of nitrogens with zero attached hydrogens (tertiary/aromatic N) is 3. The Kier molecular flexibility index (Phi) is 6.55. The molecule has 1 atom stereocenters. The second kappa shape index (κ2) is 9.54. The van der Waals surface area contributed by atoms with E-state index in [0.717, 1.165) is 44.3 Å². The van der Waals surface area contributed by atoms with E-state index in [2.05, 4.69) is 10.4 Å². The molecule has 1 aromatic heterocycles. The quantitative estimate of drug-likeness (QED) is 0.624. The lowest BCUT2D eigenvalue weighted by atomic mass is 10.1. The van der Waals surface area contributed by atoms with Crippen molar-refractivity contribution in [3.8, 4) is 5.69 Å². The van der Waals surface area contributed by atoms with Crippen molar-refractivity contribution in [3.05, 3.63) is 91.3 Å². The smallest absolute Gasteiger partial charge is 0.352 e. The van der Waals surface area contributed by atoms with Crippen LogP contribution >= 0.6 is 0 Å². The maximum Gasteiger partial charge on any atom is 0.352 e. The highest BCUT2D eigenvalue weighted by molar-refractivity contribution is 5.91. The lowest BCUT2D eigenvalue weighted by molar-refractivity contribution is 0.0849. The van der Waals surface area contributed by atoms with Gasteiger partial charge in [0, 0.05) is 13.2 Å². The van der Waals surface area contributed by atoms with E-state index in [1.54, 1.807) is 12.1 Å². The molecule has 2 aromatic carbocycles. The minimum Gasteiger partial charge on any atom is -0.376 e. The van der Waals surface area contributed by atoms with Crippen molar-refractivity contribution in [1.82, 2.24) is 19.7 Å². The average Bonchev–Trinajstić information content (AvgIpc) is 3.29. The van der Waals surface area contributed by atoms with E-state index in [4.69, 9.17) is 4.74 Å². The van der Waals surface area contributed by atoms with Gasteiger partial charge in [-0.15, -0.1) is 0 Å². The Balaban J connectivity index is 1.79. The zero-order valence-corrected chi connectivity index (χ0v) is 19.1. The summed E-state index contributed by atoms with van der Waals surface area (Å²) >= 11 is 0. The van der Waals surface area contributed by atoms with Crippen molar-refractivity contribution in [1.29, 1.82) is 0 Å². The van der Waals surface area contributed by atoms with Gasteiger partial charge in [0.2, 0.25) is 5.69 Å². The highest BCUT2D eigenvalue weighted by Gasteiger charge is 2.23. The molecule has 0 unspecified atom stereocenters. The molecular formula is C25H28N4O4. The Morgan fingerprint density at radius 2 is 1.76 bits per heavy atom. The second-order valence-electron chi connectivity index (χ2n) is 8.61. The van der Waals surface area contributed by atoms with Gasteiger partial charge in [0.25, 0.3) is 11.5 Å². The number of hydrogen-bond acceptors (Lipinski definition) is 5. The van der Waals surface area contributed by atoms with Crippen LogP contribution in [0.2, 0.25) is 0 Å². The fourth-order valence-electron chi connectivity index (χ4n) is 4.01. The molecule has 1 fully saturated rings. The summed E-state index contributed by atoms with van der Waals surface area (Å²) in [6.07, 6.45) is 1.72. The Bertz CT molecular complexity index is 1260. The van der Waals surface area contributed by atoms with E-state index in [0.29, 0.717) is 18.8 Å². The lowest BCUT2D eigenvalue weighted by Gasteiger charge is -2.14. The molecule has 1 aliphatic heterocycles. The van der Waals surface area contributed by atoms with E-state index >= 15 is 0 Å². The number of carbonyl (C=O) groups is 1. The lowest BCUT2D eigenvalue weighted by Crippen LogP contribution is -2.46. The molecule has 1 amide bonds. The SMILES string of the molecule is Cc1ccc(Cn2c(=O)c(C(=O)NC[C@@H]3CCCO3)nn(-c3cc(C)cc(C)c3)c2=O)cc1. The molecule has 0 saturated carbocycles. The summed E-state index contributed by atoms with van der Waals surface area (Å²) in [7, 11) is 0. The summed E-state index contributed by atoms with van der Waals surface area (Å²) in [6, 6.07) is 13.1. The average molecular weight is 449 g/mol. The molecule has 3 aromatic rings. The molecule has 0 aliphatic carbocycles. The Morgan fingerprint density at radius 1 is 1.06 bits per heavy atom. The van der Waals surface area contributed by atoms with E-state index in [9.17, 15) is 14.4 Å². The van der Waals surface area contributed by atoms with Crippen molar-refractivity contribution in [2.75, 3.05) is 13.2 Å². The summed E-state index contributed by atoms with van der Waals surface area (Å²) in [4.78, 5) is 39.5. The summed E-state index contributed by atoms with van der Waals surface area (Å²) in [5.41, 5.74) is 2.61. The maximum absolute atomic E-state index is 13.3. The topological polar surface area (TPSA) is 95.2 Å². The predicted molar refractivity (Wildman–Crippen MR) is 125 cm³/mol. The van der Waals surface area contributed by atoms with Gasteiger partial charge in [0.1, 0.15) is 0 Å². The number of aryl methyl sites for hydroxylation is 3. The number of carbonyl (C=O) groups excluding carboxylic acids is 1. The first-order valence-corrected chi connectivity index (χ1v) is 11.1. The Morgan fingerprint density at radius 3 is 2.39 bits per heavy atom. The van der Waals surface area contributed by atoms with Crippen LogP contribution in [-0.2, 0) is 11.3 Å². The van der Waals surface area contributed by atoms with Crippen LogP contribution in [0.3, 0.4) is 0 Å². The molecule has 1 N–H and O–H groups in total. The number of amides is 1. The van der Waals surface area contributed by atoms with Gasteiger partial charge in [-0.05, 0) is 62.4 Å². The maximum atomic E-state index is 13.3. The van der Waals surface area contributed by atoms with Gasteiger partial charge in [-0.2, -0.15) is 9.78 Å². The van der Waals surface area contributed by atoms with Gasteiger partial charge in [-0.1, -0.05) is 35.9 Å². The highest BCUT2D eigenvalue weighted by Crippen LogP contribution is 2.12. The first-order chi connectivity index (χ1) is 15.8. The van der Waals surface area contributed by atoms with Crippen LogP contribution in [0, 0.1) is 20.8 Å². The summed E-state index contributed by atoms with van der Waals surface area (Å²) in [5, 5.41) is 6.95. The third-order valence-electron chi connectivity index (χ3n) is 5.70. The van der Waals surface area contributed by atoms with Gasteiger partial charge < -0.3 is 10.1 Å². The molecule has 2 heterocycles. The van der Waals surface area contributed by atoms with Crippen molar-refractivity contribution >= 4 is 5.91 Å². The molecule has 8 nitrogen and oxygen atoms in total. The molecule has 1 saturated heterocycles. The van der Waals surface area contributed by atoms with Crippen LogP contribution in [0.4, 0.5) is 0 Å². The zero-order chi connectivity index (χ0) is 23.5. The van der Waals surface area contributed by atoms with Crippen molar-refractivity contribution in [2.45, 2.75) is 46.3 Å². The molecule has 4 rings (SSSR count). The largest absolute Gasteiger partial charge is 0.376 e. The number of benzene rings is 2. The molecule has 0 spiro atoms. The normalized spacial score (nSPS) is 15.5. The molecule has 1 aliphatic rings. The van der Waals surface area contributed by atoms with Crippen molar-refractivity contribution in [2.24, 2.45) is 0 Å². The van der Waals surface area contributed by atoms with Crippen LogP contribution in [-0.4, -0.2) is 39.5 Å². The zero-order valence-electron chi connectivity index (χ0n) is 19.1. The fraction of sp³-hybridized carbons (Fsp3) is 0.360. The van der Waals surface area contributed by atoms with Crippen LogP contribution in [0.25, 0.3) is 5.69 Å². The first-order valence-electron chi connectivity index (χ1n) is 11.1. The first kappa shape index (κ1) is 22.7. The van der Waals surface area contributed by atoms with Crippen LogP contribution in [0.15, 0.2) is 52.1 Å². The van der Waals surface area contributed by atoms with Gasteiger partial charge in [-0.3, -0.25) is 14.2 Å². The second-order valence-corrected chi connectivity index (χ2v) is 8.61. The Hall–Kier alpha value is -3.52. The molecule has 0 bridgehead atoms. The summed E-state index contributed by atoms with van der Waals surface area (Å²) < 4.78 is 7.75. The van der Waals surface area contributed by atoms with E-state index in [1.165, 1.54) is 0 Å². The third kappa shape index (κ3) is 5.12. The number of hydrogen-bond donors (Lipinski definition) is 1. The standard InChI is InChI=1S/C25H28N4O4/c1-16-6-8-19(9-7-16)15-28-24(31)22(23(30)26-14-21-5-4-10-33-21)27-29(25(28)32)20-12-17(2)11-18(3)13-20/h6-9,11-13,21H,4-5,10,14-15H2,1-3H3,(H,26,30)/t21-/m0/s1. The molecule has 172 valence electrons. The summed E-state index contributed by atoms with van der Waals surface area (Å²) in [6.45, 7) is 6.79. The van der Waals surface area contributed by atoms with E-state index < -0.39 is 17.2 Å². The molecule has 0 radical (unpaired) electrons. The minimum absolute atomic E-state index is 0.0390. The van der Waals surface area contributed by atoms with Crippen molar-refractivity contribution < 1.29 is 9.53 Å². The van der Waals surface area contributed by atoms with Crippen LogP contribution in [0.5, 0.6) is 0 Å². The number of rotatable bonds is 6. The molecule has 8 heteroatoms. The number of nitrogens with one attached hydrogen (secondary N) is 1. The van der Waals surface area contributed by atoms with Crippen LogP contribution in [0.1, 0.15) is 45.6 Å². The predicted octanol–water partition coefficient (Wildman–Crippen LogP) is 2.28. The van der Waals surface area contributed by atoms with Gasteiger partial charge in [-0.25, -0.2) is 4.79 Å². The van der Waals surface area contributed by atoms with Gasteiger partial charge in [0.15, 0.2) is 0 Å². The number of ether oxygens (including phenoxy) is 1. The van der Waals surface area contributed by atoms with Gasteiger partial charge in [0.05, 0.1) is 18.3 Å². The van der Waals surface area contributed by atoms with Crippen molar-refractivity contribution in [3.63, 3.8) is 0 Å². The minimum atomic E-state index is -0.717. The Labute approximate surface area is 191 Å². The van der Waals surface area contributed by atoms with E-state index in [-0.39, 0.29) is 18.3 Å². The van der Waals surface area contributed by atoms with E-state index in [1.807, 2.05) is 51.1 Å². The highest BCUT2D eigenvalue weighted by atomic mass is 16.5. The van der Waals surface area contributed by atoms with Crippen LogP contribution < -0.4 is 16.6 Å². The molecular weight excluding hydrogens is 420 g/mol. The summed E-state index contributed by atoms with van der Waals surface area (Å²) in [5.74, 6) is -0.619. The fourth-order valence-corrected chi connectivity index (χ4v) is 4.01. The number of aromatic nitrogens is 3. The van der Waals surface area contributed by atoms with Gasteiger partial charge >= 0.3 is 5.69 Å².